The van der Waals surface area contributed by atoms with Gasteiger partial charge < -0.3 is 0 Å². The van der Waals surface area contributed by atoms with E-state index in [-0.39, 0.29) is 39.7 Å². The van der Waals surface area contributed by atoms with Gasteiger partial charge in [-0.1, -0.05) is 29.8 Å². The molecular formula is C12H14NOPU. The molecule has 2 nitrogen and oxygen atoms in total. The summed E-state index contributed by atoms with van der Waals surface area (Å²) in [7, 11) is -0.215. The standard InChI is InChI=1S/C6H6NOP.C6H7.U/c7-9-8-6-4-2-1-3-5-6;1-2-4-6-5-3-1;/h1-5,7H;1-5H,6H2;/q;-1;/p+1. The van der Waals surface area contributed by atoms with Crippen LogP contribution in [0.3, 0.4) is 0 Å². The van der Waals surface area contributed by atoms with Gasteiger partial charge in [0.15, 0.2) is 5.75 Å². The minimum atomic E-state index is -0.215. The Kier molecular flexibility index (Phi) is 10.7. The summed E-state index contributed by atoms with van der Waals surface area (Å²) in [5.41, 5.74) is 0. The molecule has 1 aliphatic carbocycles. The average molecular weight is 457 g/mol. The Morgan fingerprint density at radius 2 is 1.94 bits per heavy atom. The van der Waals surface area contributed by atoms with Gasteiger partial charge in [-0.2, -0.15) is 0 Å². The Morgan fingerprint density at radius 3 is 2.31 bits per heavy atom. The molecule has 0 fully saturated rings. The van der Waals surface area contributed by atoms with E-state index in [1.165, 1.54) is 0 Å². The van der Waals surface area contributed by atoms with Crippen molar-refractivity contribution in [3.63, 3.8) is 0 Å². The predicted octanol–water partition coefficient (Wildman–Crippen LogP) is 4.13. The third-order valence-electron chi connectivity index (χ3n) is 1.68. The van der Waals surface area contributed by atoms with E-state index in [1.807, 2.05) is 36.4 Å². The van der Waals surface area contributed by atoms with Crippen LogP contribution in [0.25, 0.3) is 0 Å². The number of nitrogens with one attached hydrogen (secondary N) is 1. The van der Waals surface area contributed by atoms with E-state index in [0.717, 1.165) is 12.2 Å². The zero-order valence-corrected chi connectivity index (χ0v) is 14.1. The van der Waals surface area contributed by atoms with Crippen molar-refractivity contribution in [1.82, 2.24) is 0 Å². The van der Waals surface area contributed by atoms with Crippen molar-refractivity contribution in [2.24, 2.45) is 0 Å². The monoisotopic (exact) mass is 457 g/mol. The summed E-state index contributed by atoms with van der Waals surface area (Å²) in [5, 5.41) is 6.75. The van der Waals surface area contributed by atoms with E-state index in [4.69, 9.17) is 9.69 Å². The minimum absolute atomic E-state index is 0. The molecule has 2 rings (SSSR count). The molecule has 0 heterocycles. The third kappa shape index (κ3) is 7.77. The van der Waals surface area contributed by atoms with Crippen LogP contribution in [0.15, 0.2) is 54.6 Å². The predicted molar refractivity (Wildman–Crippen MR) is 65.3 cm³/mol. The number of rotatable bonds is 2. The topological polar surface area (TPSA) is 33.1 Å². The molecule has 4 heteroatoms. The van der Waals surface area contributed by atoms with Crippen LogP contribution in [0.1, 0.15) is 6.42 Å². The van der Waals surface area contributed by atoms with Crippen molar-refractivity contribution in [1.29, 1.82) is 5.16 Å². The molecule has 1 aromatic carbocycles. The van der Waals surface area contributed by atoms with Crippen LogP contribution in [0, 0.1) is 42.7 Å². The molecule has 0 saturated heterocycles. The molecule has 0 bridgehead atoms. The van der Waals surface area contributed by atoms with E-state index >= 15 is 0 Å². The van der Waals surface area contributed by atoms with Crippen molar-refractivity contribution in [3.05, 3.63) is 61.1 Å². The summed E-state index contributed by atoms with van der Waals surface area (Å²) < 4.78 is 4.90. The van der Waals surface area contributed by atoms with E-state index in [9.17, 15) is 0 Å². The van der Waals surface area contributed by atoms with Gasteiger partial charge in [-0.25, -0.2) is 18.6 Å². The van der Waals surface area contributed by atoms with Crippen LogP contribution in [-0.2, 0) is 0 Å². The molecule has 16 heavy (non-hydrogen) atoms. The molecule has 1 aromatic rings. The Bertz CT molecular complexity index is 326. The first-order valence-electron chi connectivity index (χ1n) is 4.72. The smallest absolute Gasteiger partial charge is 0.271 e. The summed E-state index contributed by atoms with van der Waals surface area (Å²) in [6.45, 7) is 0. The van der Waals surface area contributed by atoms with Crippen LogP contribution in [0.5, 0.6) is 5.75 Å². The SMILES string of the molecule is C1=C[CH-]CC=C1.N=[PH+]Oc1ccccc1.[U]. The first kappa shape index (κ1) is 15.5. The van der Waals surface area contributed by atoms with Crippen molar-refractivity contribution in [3.8, 4) is 5.75 Å². The van der Waals surface area contributed by atoms with Crippen molar-refractivity contribution < 1.29 is 35.6 Å². The summed E-state index contributed by atoms with van der Waals surface area (Å²) in [6, 6.07) is 9.36. The second-order valence-corrected chi connectivity index (χ2v) is 3.21. The first-order valence-corrected chi connectivity index (χ1v) is 5.63. The largest absolute Gasteiger partial charge is 0.400 e. The van der Waals surface area contributed by atoms with Crippen molar-refractivity contribution >= 4 is 8.60 Å². The average Bonchev–Trinajstić information content (AvgIpc) is 2.34. The maximum atomic E-state index is 6.75. The van der Waals surface area contributed by atoms with Gasteiger partial charge in [0.25, 0.3) is 0 Å². The van der Waals surface area contributed by atoms with Crippen LogP contribution in [0.2, 0.25) is 0 Å². The normalized spacial score (nSPS) is 11.8. The molecule has 0 spiro atoms. The fourth-order valence-corrected chi connectivity index (χ4v) is 1.26. The van der Waals surface area contributed by atoms with Gasteiger partial charge in [-0.15, -0.1) is 12.2 Å². The third-order valence-corrected chi connectivity index (χ3v) is 2.02. The number of hydrogen-bond acceptors (Lipinski definition) is 2. The second-order valence-electron chi connectivity index (χ2n) is 2.80. The molecule has 1 N–H and O–H groups in total. The molecule has 0 amide bonds. The zero-order chi connectivity index (χ0) is 10.8. The van der Waals surface area contributed by atoms with Gasteiger partial charge in [0, 0.05) is 31.1 Å². The molecule has 82 valence electrons. The van der Waals surface area contributed by atoms with Crippen LogP contribution in [-0.4, -0.2) is 0 Å². The van der Waals surface area contributed by atoms with E-state index in [1.54, 1.807) is 0 Å². The number of allylic oxidation sites excluding steroid dienone is 4. The Morgan fingerprint density at radius 1 is 1.19 bits per heavy atom. The van der Waals surface area contributed by atoms with Crippen molar-refractivity contribution in [2.75, 3.05) is 0 Å². The van der Waals surface area contributed by atoms with Crippen LogP contribution >= 0.6 is 8.60 Å². The maximum Gasteiger partial charge on any atom is 0.400 e. The van der Waals surface area contributed by atoms with Gasteiger partial charge >= 0.3 is 8.60 Å². The number of para-hydroxylation sites is 1. The molecule has 1 unspecified atom stereocenters. The molecular weight excluding hydrogens is 443 g/mol. The second kappa shape index (κ2) is 11.0. The molecule has 0 aliphatic heterocycles. The fraction of sp³-hybridized carbons (Fsp3) is 0.0833. The minimum Gasteiger partial charge on any atom is -0.271 e. The molecule has 0 saturated carbocycles. The molecule has 1 atom stereocenters. The summed E-state index contributed by atoms with van der Waals surface area (Å²) >= 11 is 0. The Labute approximate surface area is 122 Å². The Balaban J connectivity index is 0.000000283. The Hall–Kier alpha value is -0.478. The zero-order valence-electron chi connectivity index (χ0n) is 8.89. The van der Waals surface area contributed by atoms with E-state index in [0.29, 0.717) is 0 Å². The fourth-order valence-electron chi connectivity index (χ4n) is 1.00. The van der Waals surface area contributed by atoms with E-state index < -0.39 is 0 Å². The molecule has 1 aliphatic rings. The summed E-state index contributed by atoms with van der Waals surface area (Å²) in [4.78, 5) is 0. The summed E-state index contributed by atoms with van der Waals surface area (Å²) in [5.74, 6) is 0.769. The molecule has 0 aromatic heterocycles. The maximum absolute atomic E-state index is 6.75. The van der Waals surface area contributed by atoms with E-state index in [2.05, 4.69) is 24.6 Å². The van der Waals surface area contributed by atoms with Gasteiger partial charge in [-0.3, -0.25) is 4.52 Å². The first-order chi connectivity index (χ1) is 7.43. The van der Waals surface area contributed by atoms with Crippen molar-refractivity contribution in [2.45, 2.75) is 6.42 Å². The number of hydrogen-bond donors (Lipinski definition) is 1. The van der Waals surface area contributed by atoms with Gasteiger partial charge in [0.2, 0.25) is 0 Å². The van der Waals surface area contributed by atoms with Gasteiger partial charge in [-0.05, 0) is 12.1 Å². The van der Waals surface area contributed by atoms with Gasteiger partial charge in [0.1, 0.15) is 0 Å². The molecule has 0 radical (unpaired) electrons. The van der Waals surface area contributed by atoms with Crippen LogP contribution < -0.4 is 4.52 Å². The number of benzene rings is 1. The summed E-state index contributed by atoms with van der Waals surface area (Å²) in [6.07, 6.45) is 11.5. The van der Waals surface area contributed by atoms with Gasteiger partial charge in [0.05, 0.1) is 0 Å². The quantitative estimate of drug-likeness (QED) is 0.526. The van der Waals surface area contributed by atoms with Crippen LogP contribution in [0.4, 0.5) is 0 Å².